The number of hydrogen-bond acceptors (Lipinski definition) is 5. The van der Waals surface area contributed by atoms with Crippen LogP contribution in [0.5, 0.6) is 0 Å². The van der Waals surface area contributed by atoms with E-state index in [1.807, 2.05) is 37.3 Å². The monoisotopic (exact) mass is 500 g/mol. The number of carbonyl (C=O) groups is 3. The third kappa shape index (κ3) is 7.65. The molecule has 2 unspecified atom stereocenters. The summed E-state index contributed by atoms with van der Waals surface area (Å²) in [5.41, 5.74) is 3.29. The van der Waals surface area contributed by atoms with Crippen LogP contribution in [0.2, 0.25) is 0 Å². The van der Waals surface area contributed by atoms with Gasteiger partial charge in [-0.2, -0.15) is 0 Å². The summed E-state index contributed by atoms with van der Waals surface area (Å²) in [6, 6.07) is 23.4. The number of rotatable bonds is 10. The molecule has 1 fully saturated rings. The molecule has 0 radical (unpaired) electrons. The summed E-state index contributed by atoms with van der Waals surface area (Å²) in [4.78, 5) is 37.4. The molecule has 1 aliphatic rings. The average Bonchev–Trinajstić information content (AvgIpc) is 3.45. The van der Waals surface area contributed by atoms with E-state index in [1.165, 1.54) is 0 Å². The summed E-state index contributed by atoms with van der Waals surface area (Å²) in [6.07, 6.45) is 2.07. The minimum atomic E-state index is -0.247. The minimum absolute atomic E-state index is 0.0229. The molecule has 192 valence electrons. The fourth-order valence-corrected chi connectivity index (χ4v) is 4.08. The Balaban J connectivity index is 1.23. The zero-order valence-electron chi connectivity index (χ0n) is 20.8. The molecule has 8 heteroatoms. The normalized spacial score (nSPS) is 15.4. The summed E-state index contributed by atoms with van der Waals surface area (Å²) in [6.45, 7) is 3.20. The molecule has 2 atom stereocenters. The lowest BCUT2D eigenvalue weighted by Crippen LogP contribution is -2.31. The van der Waals surface area contributed by atoms with Gasteiger partial charge in [0.1, 0.15) is 0 Å². The third-order valence-electron chi connectivity index (χ3n) is 6.17. The van der Waals surface area contributed by atoms with E-state index in [-0.39, 0.29) is 36.4 Å². The Morgan fingerprint density at radius 2 is 1.68 bits per heavy atom. The molecule has 3 amide bonds. The van der Waals surface area contributed by atoms with Crippen LogP contribution in [0.3, 0.4) is 0 Å². The van der Waals surface area contributed by atoms with Crippen LogP contribution < -0.4 is 21.3 Å². The summed E-state index contributed by atoms with van der Waals surface area (Å²) < 4.78 is 5.52. The molecule has 4 rings (SSSR count). The summed E-state index contributed by atoms with van der Waals surface area (Å²) in [5.74, 6) is -0.607. The lowest BCUT2D eigenvalue weighted by atomic mass is 10.1. The van der Waals surface area contributed by atoms with E-state index < -0.39 is 0 Å². The first-order valence-electron chi connectivity index (χ1n) is 12.5. The number of nitrogens with one attached hydrogen (secondary N) is 4. The molecule has 3 aromatic rings. The quantitative estimate of drug-likeness (QED) is 0.335. The standard InChI is InChI=1S/C29H32N4O4/c1-20(21-7-3-2-4-8-21)32-29(36)23-9-5-10-25(17-23)30-19-27(34)33-24-14-12-22(13-15-24)28(35)31-18-26-11-6-16-37-26/h2-5,7-10,12-15,17,20,26,30H,6,11,16,18-19H2,1H3,(H,31,35)(H,32,36)(H,33,34). The summed E-state index contributed by atoms with van der Waals surface area (Å²) >= 11 is 0. The fourth-order valence-electron chi connectivity index (χ4n) is 4.08. The van der Waals surface area contributed by atoms with Crippen molar-refractivity contribution in [1.82, 2.24) is 10.6 Å². The number of carbonyl (C=O) groups excluding carboxylic acids is 3. The van der Waals surface area contributed by atoms with Gasteiger partial charge < -0.3 is 26.0 Å². The van der Waals surface area contributed by atoms with Crippen molar-refractivity contribution in [2.45, 2.75) is 31.9 Å². The lowest BCUT2D eigenvalue weighted by molar-refractivity contribution is -0.114. The molecule has 0 spiro atoms. The van der Waals surface area contributed by atoms with Crippen LogP contribution in [-0.4, -0.2) is 43.5 Å². The van der Waals surface area contributed by atoms with E-state index in [1.54, 1.807) is 48.5 Å². The highest BCUT2D eigenvalue weighted by molar-refractivity contribution is 5.97. The van der Waals surface area contributed by atoms with Gasteiger partial charge in [-0.1, -0.05) is 36.4 Å². The number of hydrogen-bond donors (Lipinski definition) is 4. The average molecular weight is 501 g/mol. The number of ether oxygens (including phenoxy) is 1. The van der Waals surface area contributed by atoms with Gasteiger partial charge in [0.2, 0.25) is 5.91 Å². The molecule has 1 heterocycles. The highest BCUT2D eigenvalue weighted by Crippen LogP contribution is 2.16. The van der Waals surface area contributed by atoms with E-state index >= 15 is 0 Å². The maximum Gasteiger partial charge on any atom is 0.251 e. The topological polar surface area (TPSA) is 109 Å². The second-order valence-electron chi connectivity index (χ2n) is 9.01. The van der Waals surface area contributed by atoms with Crippen molar-refractivity contribution in [2.24, 2.45) is 0 Å². The van der Waals surface area contributed by atoms with Gasteiger partial charge in [-0.25, -0.2) is 0 Å². The molecule has 0 aliphatic carbocycles. The minimum Gasteiger partial charge on any atom is -0.376 e. The number of benzene rings is 3. The van der Waals surface area contributed by atoms with Gasteiger partial charge in [-0.05, 0) is 67.8 Å². The van der Waals surface area contributed by atoms with E-state index in [0.29, 0.717) is 29.0 Å². The van der Waals surface area contributed by atoms with Crippen molar-refractivity contribution in [3.63, 3.8) is 0 Å². The van der Waals surface area contributed by atoms with Crippen molar-refractivity contribution in [2.75, 3.05) is 30.3 Å². The largest absolute Gasteiger partial charge is 0.376 e. The van der Waals surface area contributed by atoms with Gasteiger partial charge in [0, 0.05) is 35.7 Å². The van der Waals surface area contributed by atoms with Crippen LogP contribution in [0.15, 0.2) is 78.9 Å². The predicted octanol–water partition coefficient (Wildman–Crippen LogP) is 4.14. The van der Waals surface area contributed by atoms with Gasteiger partial charge >= 0.3 is 0 Å². The Kier molecular flexibility index (Phi) is 8.89. The maximum absolute atomic E-state index is 12.7. The van der Waals surface area contributed by atoms with E-state index in [2.05, 4.69) is 21.3 Å². The highest BCUT2D eigenvalue weighted by Gasteiger charge is 2.17. The van der Waals surface area contributed by atoms with Crippen molar-refractivity contribution in [3.8, 4) is 0 Å². The Labute approximate surface area is 216 Å². The Bertz CT molecular complexity index is 1210. The molecule has 3 aromatic carbocycles. The number of anilines is 2. The van der Waals surface area contributed by atoms with Crippen molar-refractivity contribution in [1.29, 1.82) is 0 Å². The van der Waals surface area contributed by atoms with Crippen LogP contribution >= 0.6 is 0 Å². The molecule has 8 nitrogen and oxygen atoms in total. The maximum atomic E-state index is 12.7. The first-order valence-corrected chi connectivity index (χ1v) is 12.5. The van der Waals surface area contributed by atoms with E-state index in [9.17, 15) is 14.4 Å². The van der Waals surface area contributed by atoms with Gasteiger partial charge in [0.25, 0.3) is 11.8 Å². The summed E-state index contributed by atoms with van der Waals surface area (Å²) in [5, 5.41) is 11.7. The van der Waals surface area contributed by atoms with Gasteiger partial charge in [0.15, 0.2) is 0 Å². The smallest absolute Gasteiger partial charge is 0.251 e. The second-order valence-corrected chi connectivity index (χ2v) is 9.01. The SMILES string of the molecule is CC(NC(=O)c1cccc(NCC(=O)Nc2ccc(C(=O)NCC3CCCO3)cc2)c1)c1ccccc1. The molecule has 4 N–H and O–H groups in total. The molecule has 0 aromatic heterocycles. The van der Waals surface area contributed by atoms with Crippen molar-refractivity contribution >= 4 is 29.1 Å². The molecule has 1 saturated heterocycles. The number of amides is 3. The second kappa shape index (κ2) is 12.7. The third-order valence-corrected chi connectivity index (χ3v) is 6.17. The van der Waals surface area contributed by atoms with Crippen LogP contribution in [0.1, 0.15) is 52.1 Å². The van der Waals surface area contributed by atoms with Gasteiger partial charge in [-0.3, -0.25) is 14.4 Å². The molecule has 1 aliphatic heterocycles. The Morgan fingerprint density at radius 3 is 2.41 bits per heavy atom. The first-order chi connectivity index (χ1) is 18.0. The lowest BCUT2D eigenvalue weighted by Gasteiger charge is -2.15. The molecule has 0 saturated carbocycles. The molecular weight excluding hydrogens is 468 g/mol. The van der Waals surface area contributed by atoms with Crippen LogP contribution in [0.25, 0.3) is 0 Å². The highest BCUT2D eigenvalue weighted by atomic mass is 16.5. The zero-order valence-corrected chi connectivity index (χ0v) is 20.8. The first kappa shape index (κ1) is 25.9. The molecule has 37 heavy (non-hydrogen) atoms. The van der Waals surface area contributed by atoms with Crippen LogP contribution in [0.4, 0.5) is 11.4 Å². The fraction of sp³-hybridized carbons (Fsp3) is 0.276. The van der Waals surface area contributed by atoms with E-state index in [0.717, 1.165) is 25.0 Å². The van der Waals surface area contributed by atoms with Crippen molar-refractivity contribution < 1.29 is 19.1 Å². The predicted molar refractivity (Wildman–Crippen MR) is 144 cm³/mol. The summed E-state index contributed by atoms with van der Waals surface area (Å²) in [7, 11) is 0. The zero-order chi connectivity index (χ0) is 26.0. The molecule has 0 bridgehead atoms. The molecular formula is C29H32N4O4. The van der Waals surface area contributed by atoms with Crippen LogP contribution in [0, 0.1) is 0 Å². The van der Waals surface area contributed by atoms with Crippen LogP contribution in [-0.2, 0) is 9.53 Å². The Hall–Kier alpha value is -4.17. The van der Waals surface area contributed by atoms with Gasteiger partial charge in [0.05, 0.1) is 18.7 Å². The van der Waals surface area contributed by atoms with Gasteiger partial charge in [-0.15, -0.1) is 0 Å². The van der Waals surface area contributed by atoms with Crippen molar-refractivity contribution in [3.05, 3.63) is 95.6 Å². The van der Waals surface area contributed by atoms with E-state index in [4.69, 9.17) is 4.74 Å². The Morgan fingerprint density at radius 1 is 0.892 bits per heavy atom.